The number of nitrogens with zero attached hydrogens (tertiary/aromatic N) is 1. The van der Waals surface area contributed by atoms with Gasteiger partial charge in [-0.1, -0.05) is 0 Å². The number of hydrogen-bond donors (Lipinski definition) is 0. The van der Waals surface area contributed by atoms with Crippen LogP contribution in [0.25, 0.3) is 0 Å². The molecule has 2 aliphatic carbocycles. The number of carbonyl (C=O) groups excluding carboxylic acids is 2. The number of ether oxygens (including phenoxy) is 2. The van der Waals surface area contributed by atoms with Crippen LogP contribution in [0, 0.1) is 5.92 Å². The van der Waals surface area contributed by atoms with Gasteiger partial charge in [0.1, 0.15) is 0 Å². The number of benzene rings is 1. The van der Waals surface area contributed by atoms with E-state index in [0.717, 1.165) is 30.5 Å². The molecule has 0 amide bonds. The van der Waals surface area contributed by atoms with Crippen molar-refractivity contribution in [1.82, 2.24) is 4.90 Å². The number of hydrogen-bond acceptors (Lipinski definition) is 5. The van der Waals surface area contributed by atoms with E-state index in [0.29, 0.717) is 17.9 Å². The van der Waals surface area contributed by atoms with Crippen molar-refractivity contribution < 1.29 is 19.1 Å². The number of likely N-dealkylation sites (N-methyl/N-ethyl adjacent to an activating group) is 1. The van der Waals surface area contributed by atoms with E-state index in [2.05, 4.69) is 4.90 Å². The fourth-order valence-corrected chi connectivity index (χ4v) is 5.51. The lowest BCUT2D eigenvalue weighted by molar-refractivity contribution is -0.137. The van der Waals surface area contributed by atoms with E-state index in [1.54, 1.807) is 13.2 Å². The van der Waals surface area contributed by atoms with Crippen LogP contribution < -0.4 is 9.47 Å². The number of ketones is 2. The Kier molecular flexibility index (Phi) is 2.44. The quantitative estimate of drug-likeness (QED) is 0.788. The van der Waals surface area contributed by atoms with Gasteiger partial charge in [-0.2, -0.15) is 0 Å². The van der Waals surface area contributed by atoms with Gasteiger partial charge in [0, 0.05) is 23.0 Å². The second-order valence-electron chi connectivity index (χ2n) is 7.21. The van der Waals surface area contributed by atoms with Crippen LogP contribution >= 0.6 is 0 Å². The third-order valence-corrected chi connectivity index (χ3v) is 6.43. The summed E-state index contributed by atoms with van der Waals surface area (Å²) < 4.78 is 11.6. The Balaban J connectivity index is 1.86. The van der Waals surface area contributed by atoms with Gasteiger partial charge in [-0.3, -0.25) is 14.5 Å². The average Bonchev–Trinajstić information content (AvgIpc) is 2.90. The zero-order valence-electron chi connectivity index (χ0n) is 13.3. The standard InChI is InChI=1S/C18H19NO4/c1-19-8-7-18-10-4-5-11(20)17(18)23-16-12(22-2)6-3-9(13(16)18)15(21)14(10)19/h3,6,10,14,17H,4-5,7-8H2,1-2H3/t10-,14-,17-,18-/m0/s1. The molecular formula is C18H19NO4. The lowest BCUT2D eigenvalue weighted by atomic mass is 9.51. The lowest BCUT2D eigenvalue weighted by Gasteiger charge is -2.55. The maximum atomic E-state index is 13.1. The number of rotatable bonds is 1. The van der Waals surface area contributed by atoms with Crippen molar-refractivity contribution >= 4 is 11.6 Å². The fourth-order valence-electron chi connectivity index (χ4n) is 5.51. The van der Waals surface area contributed by atoms with Crippen molar-refractivity contribution in [2.75, 3.05) is 20.7 Å². The molecule has 1 aromatic rings. The summed E-state index contributed by atoms with van der Waals surface area (Å²) in [5.41, 5.74) is 1.35. The lowest BCUT2D eigenvalue weighted by Crippen LogP contribution is -2.67. The van der Waals surface area contributed by atoms with Gasteiger partial charge in [0.2, 0.25) is 0 Å². The number of Topliss-reactive ketones (excluding diaryl/α,β-unsaturated/α-hetero) is 2. The van der Waals surface area contributed by atoms with Crippen molar-refractivity contribution in [2.24, 2.45) is 5.92 Å². The zero-order chi connectivity index (χ0) is 15.9. The topological polar surface area (TPSA) is 55.8 Å². The molecule has 0 unspecified atom stereocenters. The number of likely N-dealkylation sites (tertiary alicyclic amines) is 1. The molecule has 2 heterocycles. The highest BCUT2D eigenvalue weighted by atomic mass is 16.5. The Bertz CT molecular complexity index is 758. The summed E-state index contributed by atoms with van der Waals surface area (Å²) in [7, 11) is 3.62. The first-order chi connectivity index (χ1) is 11.1. The van der Waals surface area contributed by atoms with Crippen LogP contribution in [0.2, 0.25) is 0 Å². The monoisotopic (exact) mass is 313 g/mol. The molecule has 1 saturated heterocycles. The molecule has 2 bridgehead atoms. The van der Waals surface area contributed by atoms with Crippen LogP contribution in [-0.4, -0.2) is 49.3 Å². The Hall–Kier alpha value is -1.88. The molecule has 2 aliphatic heterocycles. The molecule has 5 heteroatoms. The molecule has 1 saturated carbocycles. The highest BCUT2D eigenvalue weighted by Crippen LogP contribution is 2.62. The zero-order valence-corrected chi connectivity index (χ0v) is 13.3. The summed E-state index contributed by atoms with van der Waals surface area (Å²) in [5, 5.41) is 0. The van der Waals surface area contributed by atoms with Gasteiger partial charge in [0.05, 0.1) is 13.2 Å². The Morgan fingerprint density at radius 1 is 1.35 bits per heavy atom. The van der Waals surface area contributed by atoms with Crippen molar-refractivity contribution in [1.29, 1.82) is 0 Å². The molecule has 4 aliphatic rings. The predicted molar refractivity (Wildman–Crippen MR) is 82.2 cm³/mol. The van der Waals surface area contributed by atoms with Crippen LogP contribution in [0.3, 0.4) is 0 Å². The Morgan fingerprint density at radius 2 is 2.17 bits per heavy atom. The van der Waals surface area contributed by atoms with Crippen LogP contribution in [0.15, 0.2) is 12.1 Å². The number of methoxy groups -OCH3 is 1. The molecule has 1 spiro atoms. The van der Waals surface area contributed by atoms with Gasteiger partial charge in [0.15, 0.2) is 29.2 Å². The van der Waals surface area contributed by atoms with Gasteiger partial charge in [-0.15, -0.1) is 0 Å². The molecule has 0 aromatic heterocycles. The summed E-state index contributed by atoms with van der Waals surface area (Å²) in [6.45, 7) is 0.816. The summed E-state index contributed by atoms with van der Waals surface area (Å²) in [5.74, 6) is 1.77. The molecule has 2 fully saturated rings. The van der Waals surface area contributed by atoms with Crippen molar-refractivity contribution in [2.45, 2.75) is 36.8 Å². The molecule has 5 nitrogen and oxygen atoms in total. The second kappa shape index (κ2) is 4.15. The minimum Gasteiger partial charge on any atom is -0.493 e. The number of carbonyl (C=O) groups is 2. The van der Waals surface area contributed by atoms with Crippen LogP contribution in [0.1, 0.15) is 35.2 Å². The first-order valence-corrected chi connectivity index (χ1v) is 8.25. The van der Waals surface area contributed by atoms with Gasteiger partial charge in [-0.05, 0) is 44.5 Å². The van der Waals surface area contributed by atoms with E-state index in [4.69, 9.17) is 9.47 Å². The normalized spacial score (nSPS) is 37.4. The molecule has 120 valence electrons. The van der Waals surface area contributed by atoms with E-state index in [1.807, 2.05) is 13.1 Å². The summed E-state index contributed by atoms with van der Waals surface area (Å²) >= 11 is 0. The van der Waals surface area contributed by atoms with Crippen molar-refractivity contribution in [3.8, 4) is 11.5 Å². The maximum absolute atomic E-state index is 13.1. The summed E-state index contributed by atoms with van der Waals surface area (Å²) in [6.07, 6.45) is 1.69. The molecule has 0 radical (unpaired) electrons. The van der Waals surface area contributed by atoms with Gasteiger partial charge >= 0.3 is 0 Å². The third kappa shape index (κ3) is 1.34. The molecular weight excluding hydrogens is 294 g/mol. The predicted octanol–water partition coefficient (Wildman–Crippen LogP) is 1.57. The summed E-state index contributed by atoms with van der Waals surface area (Å²) in [6, 6.07) is 3.52. The minimum atomic E-state index is -0.449. The molecule has 5 rings (SSSR count). The van der Waals surface area contributed by atoms with E-state index < -0.39 is 6.10 Å². The van der Waals surface area contributed by atoms with Gasteiger partial charge in [0.25, 0.3) is 0 Å². The van der Waals surface area contributed by atoms with Crippen LogP contribution in [0.4, 0.5) is 0 Å². The fraction of sp³-hybridized carbons (Fsp3) is 0.556. The average molecular weight is 313 g/mol. The van der Waals surface area contributed by atoms with Crippen molar-refractivity contribution in [3.63, 3.8) is 0 Å². The largest absolute Gasteiger partial charge is 0.493 e. The van der Waals surface area contributed by atoms with Gasteiger partial charge < -0.3 is 9.47 Å². The highest BCUT2D eigenvalue weighted by molar-refractivity contribution is 6.06. The molecule has 0 N–H and O–H groups in total. The molecule has 4 atom stereocenters. The van der Waals surface area contributed by atoms with E-state index >= 15 is 0 Å². The molecule has 1 aromatic carbocycles. The van der Waals surface area contributed by atoms with Crippen LogP contribution in [0.5, 0.6) is 11.5 Å². The van der Waals surface area contributed by atoms with E-state index in [-0.39, 0.29) is 28.9 Å². The summed E-state index contributed by atoms with van der Waals surface area (Å²) in [4.78, 5) is 27.9. The number of piperidine rings is 1. The van der Waals surface area contributed by atoms with Gasteiger partial charge in [-0.25, -0.2) is 0 Å². The minimum absolute atomic E-state index is 0.130. The van der Waals surface area contributed by atoms with Crippen LogP contribution in [-0.2, 0) is 10.2 Å². The second-order valence-corrected chi connectivity index (χ2v) is 7.21. The van der Waals surface area contributed by atoms with E-state index in [1.165, 1.54) is 0 Å². The van der Waals surface area contributed by atoms with Crippen molar-refractivity contribution in [3.05, 3.63) is 23.3 Å². The Labute approximate surface area is 134 Å². The molecule has 23 heavy (non-hydrogen) atoms. The third-order valence-electron chi connectivity index (χ3n) is 6.43. The smallest absolute Gasteiger partial charge is 0.180 e. The highest BCUT2D eigenvalue weighted by Gasteiger charge is 2.67. The SMILES string of the molecule is COc1ccc2c3c1O[C@H]1C(=O)CC[C@H]4[C@@H](C2=O)N(C)CC[C@]314. The first-order valence-electron chi connectivity index (χ1n) is 8.25. The Morgan fingerprint density at radius 3 is 2.96 bits per heavy atom. The maximum Gasteiger partial charge on any atom is 0.180 e. The first kappa shape index (κ1) is 13.5. The van der Waals surface area contributed by atoms with E-state index in [9.17, 15) is 9.59 Å².